The number of aromatic nitrogens is 2. The molecule has 8 heteroatoms. The Labute approximate surface area is 145 Å². The number of amides is 1. The van der Waals surface area contributed by atoms with Gasteiger partial charge in [-0.2, -0.15) is 5.10 Å². The second-order valence-electron chi connectivity index (χ2n) is 6.39. The highest BCUT2D eigenvalue weighted by Gasteiger charge is 2.33. The molecule has 0 aromatic carbocycles. The van der Waals surface area contributed by atoms with Gasteiger partial charge in [-0.15, -0.1) is 11.3 Å². The summed E-state index contributed by atoms with van der Waals surface area (Å²) in [5.41, 5.74) is 1.26. The van der Waals surface area contributed by atoms with Gasteiger partial charge in [0.2, 0.25) is 0 Å². The second kappa shape index (κ2) is 6.00. The maximum atomic E-state index is 12.7. The molecule has 0 radical (unpaired) electrons. The fourth-order valence-electron chi connectivity index (χ4n) is 3.44. The van der Waals surface area contributed by atoms with Crippen molar-refractivity contribution in [2.75, 3.05) is 24.6 Å². The summed E-state index contributed by atoms with van der Waals surface area (Å²) in [7, 11) is -3.01. The van der Waals surface area contributed by atoms with Gasteiger partial charge in [0.15, 0.2) is 15.5 Å². The number of thiophene rings is 1. The van der Waals surface area contributed by atoms with Gasteiger partial charge in [-0.1, -0.05) is 6.07 Å². The van der Waals surface area contributed by atoms with Crippen molar-refractivity contribution in [2.45, 2.75) is 25.3 Å². The predicted molar refractivity (Wildman–Crippen MR) is 93.0 cm³/mol. The van der Waals surface area contributed by atoms with Crippen molar-refractivity contribution in [1.82, 2.24) is 14.7 Å². The molecular formula is C16H19N3O3S2. The summed E-state index contributed by atoms with van der Waals surface area (Å²) < 4.78 is 25.5. The second-order valence-corrected chi connectivity index (χ2v) is 9.57. The molecule has 2 saturated heterocycles. The molecule has 2 aliphatic heterocycles. The van der Waals surface area contributed by atoms with Gasteiger partial charge in [-0.25, -0.2) is 8.42 Å². The average Bonchev–Trinajstić information content (AvgIpc) is 3.32. The first-order valence-electron chi connectivity index (χ1n) is 8.17. The Balaban J connectivity index is 1.72. The fraction of sp³-hybridized carbons (Fsp3) is 0.500. The first-order chi connectivity index (χ1) is 11.5. The maximum absolute atomic E-state index is 12.7. The van der Waals surface area contributed by atoms with Gasteiger partial charge in [-0.3, -0.25) is 9.48 Å². The van der Waals surface area contributed by atoms with Crippen molar-refractivity contribution in [3.63, 3.8) is 0 Å². The van der Waals surface area contributed by atoms with Crippen LogP contribution in [-0.4, -0.2) is 53.6 Å². The topological polar surface area (TPSA) is 72.3 Å². The van der Waals surface area contributed by atoms with E-state index in [0.717, 1.165) is 36.5 Å². The van der Waals surface area contributed by atoms with Crippen LogP contribution in [0, 0.1) is 0 Å². The van der Waals surface area contributed by atoms with E-state index in [-0.39, 0.29) is 23.5 Å². The van der Waals surface area contributed by atoms with Crippen LogP contribution in [0.4, 0.5) is 0 Å². The maximum Gasteiger partial charge on any atom is 0.274 e. The number of nitrogens with zero attached hydrogens (tertiary/aromatic N) is 3. The molecule has 0 spiro atoms. The van der Waals surface area contributed by atoms with Crippen LogP contribution in [0.25, 0.3) is 10.6 Å². The van der Waals surface area contributed by atoms with Gasteiger partial charge in [0.05, 0.1) is 28.1 Å². The van der Waals surface area contributed by atoms with E-state index in [1.165, 1.54) is 0 Å². The van der Waals surface area contributed by atoms with Crippen LogP contribution in [0.1, 0.15) is 35.8 Å². The molecule has 2 aliphatic rings. The van der Waals surface area contributed by atoms with Crippen molar-refractivity contribution < 1.29 is 13.2 Å². The molecule has 0 N–H and O–H groups in total. The molecule has 2 fully saturated rings. The van der Waals surface area contributed by atoms with Crippen molar-refractivity contribution in [3.05, 3.63) is 29.3 Å². The van der Waals surface area contributed by atoms with Crippen LogP contribution in [0.3, 0.4) is 0 Å². The van der Waals surface area contributed by atoms with E-state index < -0.39 is 9.84 Å². The predicted octanol–water partition coefficient (Wildman–Crippen LogP) is 2.21. The van der Waals surface area contributed by atoms with E-state index in [1.807, 2.05) is 28.5 Å². The van der Waals surface area contributed by atoms with Gasteiger partial charge in [0.25, 0.3) is 5.91 Å². The zero-order valence-corrected chi connectivity index (χ0v) is 14.9. The molecule has 0 aliphatic carbocycles. The van der Waals surface area contributed by atoms with E-state index in [9.17, 15) is 13.2 Å². The molecular weight excluding hydrogens is 346 g/mol. The van der Waals surface area contributed by atoms with Crippen LogP contribution in [0.15, 0.2) is 23.6 Å². The highest BCUT2D eigenvalue weighted by atomic mass is 32.2. The number of likely N-dealkylation sites (tertiary alicyclic amines) is 1. The molecule has 2 aromatic heterocycles. The van der Waals surface area contributed by atoms with Crippen LogP contribution in [0.5, 0.6) is 0 Å². The molecule has 24 heavy (non-hydrogen) atoms. The lowest BCUT2D eigenvalue weighted by atomic mass is 10.2. The lowest BCUT2D eigenvalue weighted by Gasteiger charge is -2.14. The molecule has 2 aromatic rings. The van der Waals surface area contributed by atoms with Crippen LogP contribution < -0.4 is 0 Å². The molecule has 0 unspecified atom stereocenters. The Kier molecular flexibility index (Phi) is 3.96. The zero-order valence-electron chi connectivity index (χ0n) is 13.2. The fourth-order valence-corrected chi connectivity index (χ4v) is 5.86. The smallest absolute Gasteiger partial charge is 0.274 e. The summed E-state index contributed by atoms with van der Waals surface area (Å²) in [5, 5.41) is 6.50. The summed E-state index contributed by atoms with van der Waals surface area (Å²) in [4.78, 5) is 15.5. The Morgan fingerprint density at radius 1 is 1.29 bits per heavy atom. The minimum Gasteiger partial charge on any atom is -0.337 e. The summed E-state index contributed by atoms with van der Waals surface area (Å²) in [5.74, 6) is 0.242. The molecule has 1 amide bonds. The summed E-state index contributed by atoms with van der Waals surface area (Å²) >= 11 is 1.57. The minimum atomic E-state index is -3.01. The SMILES string of the molecule is O=C(c1cc(-c2cccs2)n([C@H]2CCS(=O)(=O)C2)n1)N1CCCC1. The summed E-state index contributed by atoms with van der Waals surface area (Å²) in [6.07, 6.45) is 2.62. The van der Waals surface area contributed by atoms with Crippen LogP contribution in [0.2, 0.25) is 0 Å². The van der Waals surface area contributed by atoms with Crippen LogP contribution in [-0.2, 0) is 9.84 Å². The summed E-state index contributed by atoms with van der Waals surface area (Å²) in [6, 6.07) is 5.56. The van der Waals surface area contributed by atoms with Crippen molar-refractivity contribution in [1.29, 1.82) is 0 Å². The number of hydrogen-bond donors (Lipinski definition) is 0. The molecule has 6 nitrogen and oxygen atoms in total. The first kappa shape index (κ1) is 15.8. The Hall–Kier alpha value is -1.67. The normalized spacial score (nSPS) is 23.0. The van der Waals surface area contributed by atoms with Gasteiger partial charge >= 0.3 is 0 Å². The standard InChI is InChI=1S/C16H19N3O3S2/c20-16(18-6-1-2-7-18)13-10-14(15-4-3-8-23-15)19(17-13)12-5-9-24(21,22)11-12/h3-4,8,10,12H,1-2,5-7,9,11H2/t12-/m0/s1. The van der Waals surface area contributed by atoms with Gasteiger partial charge in [-0.05, 0) is 36.8 Å². The third kappa shape index (κ3) is 2.88. The number of rotatable bonds is 3. The van der Waals surface area contributed by atoms with Crippen molar-refractivity contribution in [2.24, 2.45) is 0 Å². The third-order valence-electron chi connectivity index (χ3n) is 4.68. The molecule has 128 valence electrons. The van der Waals surface area contributed by atoms with E-state index in [4.69, 9.17) is 0 Å². The van der Waals surface area contributed by atoms with E-state index in [0.29, 0.717) is 12.1 Å². The van der Waals surface area contributed by atoms with Gasteiger partial charge in [0.1, 0.15) is 0 Å². The average molecular weight is 365 g/mol. The highest BCUT2D eigenvalue weighted by molar-refractivity contribution is 7.91. The number of carbonyl (C=O) groups is 1. The third-order valence-corrected chi connectivity index (χ3v) is 7.32. The monoisotopic (exact) mass is 365 g/mol. The lowest BCUT2D eigenvalue weighted by molar-refractivity contribution is 0.0786. The Morgan fingerprint density at radius 2 is 2.08 bits per heavy atom. The van der Waals surface area contributed by atoms with Crippen LogP contribution >= 0.6 is 11.3 Å². The molecule has 4 heterocycles. The first-order valence-corrected chi connectivity index (χ1v) is 10.9. The quantitative estimate of drug-likeness (QED) is 0.836. The number of sulfone groups is 1. The molecule has 1 atom stereocenters. The molecule has 4 rings (SSSR count). The lowest BCUT2D eigenvalue weighted by Crippen LogP contribution is -2.28. The number of hydrogen-bond acceptors (Lipinski definition) is 5. The highest BCUT2D eigenvalue weighted by Crippen LogP contribution is 2.32. The Morgan fingerprint density at radius 3 is 2.71 bits per heavy atom. The summed E-state index contributed by atoms with van der Waals surface area (Å²) in [6.45, 7) is 1.55. The molecule has 0 saturated carbocycles. The van der Waals surface area contributed by atoms with E-state index in [2.05, 4.69) is 5.10 Å². The van der Waals surface area contributed by atoms with E-state index in [1.54, 1.807) is 16.0 Å². The largest absolute Gasteiger partial charge is 0.337 e. The van der Waals surface area contributed by atoms with Gasteiger partial charge < -0.3 is 4.90 Å². The number of carbonyl (C=O) groups excluding carboxylic acids is 1. The van der Waals surface area contributed by atoms with Gasteiger partial charge in [0, 0.05) is 13.1 Å². The van der Waals surface area contributed by atoms with Crippen molar-refractivity contribution in [3.8, 4) is 10.6 Å². The minimum absolute atomic E-state index is 0.0510. The van der Waals surface area contributed by atoms with E-state index >= 15 is 0 Å². The van der Waals surface area contributed by atoms with Crippen molar-refractivity contribution >= 4 is 27.1 Å². The molecule has 0 bridgehead atoms. The zero-order chi connectivity index (χ0) is 16.7. The Bertz CT molecular complexity index is 849.